The summed E-state index contributed by atoms with van der Waals surface area (Å²) in [6.45, 7) is 3.23. The molecule has 0 radical (unpaired) electrons. The van der Waals surface area contributed by atoms with Crippen molar-refractivity contribution in [2.75, 3.05) is 50.0 Å². The Hall–Kier alpha value is -2.54. The molecule has 1 aliphatic rings. The number of rotatable bonds is 9. The smallest absolute Gasteiger partial charge is 0.241 e. The van der Waals surface area contributed by atoms with E-state index in [4.69, 9.17) is 10.2 Å². The number of anilines is 2. The molecule has 12 heteroatoms. The summed E-state index contributed by atoms with van der Waals surface area (Å²) >= 11 is 2.95. The fourth-order valence-electron chi connectivity index (χ4n) is 3.77. The highest BCUT2D eigenvalue weighted by molar-refractivity contribution is 7.24. The lowest BCUT2D eigenvalue weighted by Gasteiger charge is -2.26. The number of hydrogen-bond donors (Lipinski definition) is 5. The Morgan fingerprint density at radius 2 is 1.58 bits per heavy atom. The van der Waals surface area contributed by atoms with Crippen molar-refractivity contribution in [1.29, 1.82) is 0 Å². The number of likely N-dealkylation sites (tertiary alicyclic amines) is 1. The summed E-state index contributed by atoms with van der Waals surface area (Å²) in [7, 11) is 0. The highest BCUT2D eigenvalue weighted by Gasteiger charge is 2.18. The summed E-state index contributed by atoms with van der Waals surface area (Å²) < 4.78 is 1.99. The molecule has 3 aromatic rings. The second-order valence-corrected chi connectivity index (χ2v) is 10.1. The number of aliphatic hydroxyl groups excluding tert-OH is 2. The Balaban J connectivity index is 1.42. The van der Waals surface area contributed by atoms with Gasteiger partial charge in [-0.15, -0.1) is 0 Å². The van der Waals surface area contributed by atoms with E-state index < -0.39 is 6.04 Å². The Morgan fingerprint density at radius 3 is 2.15 bits per heavy atom. The summed E-state index contributed by atoms with van der Waals surface area (Å²) in [6, 6.07) is 1.36. The van der Waals surface area contributed by atoms with Crippen LogP contribution in [0.3, 0.4) is 0 Å². The maximum atomic E-state index is 12.4. The zero-order valence-electron chi connectivity index (χ0n) is 18.4. The van der Waals surface area contributed by atoms with E-state index in [9.17, 15) is 9.59 Å². The van der Waals surface area contributed by atoms with Gasteiger partial charge in [0.25, 0.3) is 0 Å². The van der Waals surface area contributed by atoms with Gasteiger partial charge in [-0.2, -0.15) is 0 Å². The van der Waals surface area contributed by atoms with Gasteiger partial charge in [-0.25, -0.2) is 9.97 Å². The first kappa shape index (κ1) is 23.6. The molecule has 0 atom stereocenters. The molecule has 0 saturated carbocycles. The van der Waals surface area contributed by atoms with Crippen molar-refractivity contribution in [2.24, 2.45) is 0 Å². The highest BCUT2D eigenvalue weighted by Crippen LogP contribution is 2.36. The van der Waals surface area contributed by atoms with Crippen LogP contribution in [0.2, 0.25) is 0 Å². The van der Waals surface area contributed by atoms with Gasteiger partial charge in [0.15, 0.2) is 10.3 Å². The Labute approximate surface area is 199 Å². The molecule has 0 unspecified atom stereocenters. The highest BCUT2D eigenvalue weighted by atomic mass is 32.1. The minimum Gasteiger partial charge on any atom is -0.394 e. The lowest BCUT2D eigenvalue weighted by Crippen LogP contribution is -2.42. The second-order valence-electron chi connectivity index (χ2n) is 8.01. The number of carbonyl (C=O) groups is 2. The molecule has 2 aromatic heterocycles. The van der Waals surface area contributed by atoms with Crippen LogP contribution in [0.15, 0.2) is 6.07 Å². The van der Waals surface area contributed by atoms with Gasteiger partial charge in [0.2, 0.25) is 11.8 Å². The number of aryl methyl sites for hydroxylation is 1. The maximum absolute atomic E-state index is 12.4. The minimum atomic E-state index is -0.673. The first-order chi connectivity index (χ1) is 16.0. The van der Waals surface area contributed by atoms with Crippen molar-refractivity contribution < 1.29 is 19.8 Å². The number of hydrogen-bond acceptors (Lipinski definition) is 10. The third kappa shape index (κ3) is 5.52. The van der Waals surface area contributed by atoms with E-state index in [2.05, 4.69) is 25.9 Å². The monoisotopic (exact) mass is 492 g/mol. The quantitative estimate of drug-likeness (QED) is 0.303. The molecule has 1 aromatic carbocycles. The topological polar surface area (TPSA) is 140 Å². The van der Waals surface area contributed by atoms with Crippen LogP contribution in [0.1, 0.15) is 24.8 Å². The zero-order valence-corrected chi connectivity index (χ0v) is 20.0. The van der Waals surface area contributed by atoms with Gasteiger partial charge in [0.05, 0.1) is 52.8 Å². The van der Waals surface area contributed by atoms with Crippen LogP contribution in [-0.2, 0) is 9.59 Å². The maximum Gasteiger partial charge on any atom is 0.241 e. The van der Waals surface area contributed by atoms with E-state index >= 15 is 0 Å². The normalized spacial score (nSPS) is 14.2. The Morgan fingerprint density at radius 1 is 1.00 bits per heavy atom. The lowest BCUT2D eigenvalue weighted by molar-refractivity contribution is -0.130. The SMILES string of the molecule is Cc1c2nc(NCC(=O)NC(CO)CO)sc2cc2sc(NCC(=O)N3CCCCC3)nc12. The van der Waals surface area contributed by atoms with Gasteiger partial charge in [0, 0.05) is 18.7 Å². The third-order valence-corrected chi connectivity index (χ3v) is 7.51. The van der Waals surface area contributed by atoms with Gasteiger partial charge in [-0.1, -0.05) is 22.7 Å². The number of fused-ring (bicyclic) bond motifs is 2. The summed E-state index contributed by atoms with van der Waals surface area (Å²) in [6.07, 6.45) is 3.34. The molecule has 3 heterocycles. The molecule has 2 amide bonds. The minimum absolute atomic E-state index is 0.0128. The molecular weight excluding hydrogens is 464 g/mol. The van der Waals surface area contributed by atoms with E-state index in [-0.39, 0.29) is 38.1 Å². The molecule has 1 fully saturated rings. The Bertz CT molecular complexity index is 1140. The first-order valence-corrected chi connectivity index (χ1v) is 12.6. The van der Waals surface area contributed by atoms with Crippen molar-refractivity contribution in [2.45, 2.75) is 32.2 Å². The second kappa shape index (κ2) is 10.6. The van der Waals surface area contributed by atoms with Crippen LogP contribution in [0, 0.1) is 6.92 Å². The number of aliphatic hydroxyl groups is 2. The first-order valence-electron chi connectivity index (χ1n) is 11.0. The van der Waals surface area contributed by atoms with Crippen molar-refractivity contribution in [3.05, 3.63) is 11.6 Å². The number of piperidine rings is 1. The molecule has 0 aliphatic carbocycles. The number of aromatic nitrogens is 2. The van der Waals surface area contributed by atoms with Gasteiger partial charge in [0.1, 0.15) is 0 Å². The van der Waals surface area contributed by atoms with Crippen LogP contribution in [0.5, 0.6) is 0 Å². The fourth-order valence-corrected chi connectivity index (χ4v) is 5.77. The standard InChI is InChI=1S/C21H28N6O4S2/c1-12-18-14(32-20(25-18)22-8-16(30)24-13(10-28)11-29)7-15-19(12)26-21(33-15)23-9-17(31)27-5-3-2-4-6-27/h7,13,28-29H,2-6,8-11H2,1H3,(H,22,25)(H,23,26)(H,24,30). The number of thiazole rings is 2. The Kier molecular flexibility index (Phi) is 7.58. The molecular formula is C21H28N6O4S2. The fraction of sp³-hybridized carbons (Fsp3) is 0.524. The van der Waals surface area contributed by atoms with Crippen molar-refractivity contribution in [3.63, 3.8) is 0 Å². The van der Waals surface area contributed by atoms with E-state index in [0.717, 1.165) is 51.9 Å². The van der Waals surface area contributed by atoms with Gasteiger partial charge >= 0.3 is 0 Å². The molecule has 4 rings (SSSR count). The number of amides is 2. The predicted molar refractivity (Wildman–Crippen MR) is 131 cm³/mol. The number of nitrogens with zero attached hydrogens (tertiary/aromatic N) is 3. The average molecular weight is 493 g/mol. The largest absolute Gasteiger partial charge is 0.394 e. The van der Waals surface area contributed by atoms with Crippen molar-refractivity contribution in [3.8, 4) is 0 Å². The number of benzene rings is 1. The molecule has 5 N–H and O–H groups in total. The summed E-state index contributed by atoms with van der Waals surface area (Å²) in [5, 5.41) is 28.2. The van der Waals surface area contributed by atoms with E-state index in [1.165, 1.54) is 29.1 Å². The van der Waals surface area contributed by atoms with Crippen molar-refractivity contribution in [1.82, 2.24) is 20.2 Å². The molecule has 10 nitrogen and oxygen atoms in total. The zero-order chi connectivity index (χ0) is 23.4. The van der Waals surface area contributed by atoms with E-state index in [0.29, 0.717) is 10.3 Å². The molecule has 178 valence electrons. The number of carbonyl (C=O) groups excluding carboxylic acids is 2. The molecule has 1 aliphatic heterocycles. The summed E-state index contributed by atoms with van der Waals surface area (Å²) in [5.74, 6) is -0.228. The number of nitrogens with one attached hydrogen (secondary N) is 3. The van der Waals surface area contributed by atoms with E-state index in [1.807, 2.05) is 17.9 Å². The van der Waals surface area contributed by atoms with Crippen molar-refractivity contribution >= 4 is 65.2 Å². The van der Waals surface area contributed by atoms with Crippen LogP contribution in [0.25, 0.3) is 20.4 Å². The summed E-state index contributed by atoms with van der Waals surface area (Å²) in [5.41, 5.74) is 2.62. The van der Waals surface area contributed by atoms with Gasteiger partial charge in [-0.3, -0.25) is 9.59 Å². The average Bonchev–Trinajstić information content (AvgIpc) is 3.44. The van der Waals surface area contributed by atoms with Crippen LogP contribution in [-0.4, -0.2) is 82.3 Å². The molecule has 0 spiro atoms. The predicted octanol–water partition coefficient (Wildman–Crippen LogP) is 1.52. The van der Waals surface area contributed by atoms with Crippen LogP contribution >= 0.6 is 22.7 Å². The lowest BCUT2D eigenvalue weighted by atomic mass is 10.1. The summed E-state index contributed by atoms with van der Waals surface area (Å²) in [4.78, 5) is 35.6. The van der Waals surface area contributed by atoms with Crippen LogP contribution in [0.4, 0.5) is 10.3 Å². The molecule has 33 heavy (non-hydrogen) atoms. The molecule has 0 bridgehead atoms. The molecule has 1 saturated heterocycles. The van der Waals surface area contributed by atoms with E-state index in [1.54, 1.807) is 0 Å². The third-order valence-electron chi connectivity index (χ3n) is 5.59. The van der Waals surface area contributed by atoms with Gasteiger partial charge in [-0.05, 0) is 32.3 Å². The van der Waals surface area contributed by atoms with Crippen LogP contribution < -0.4 is 16.0 Å². The van der Waals surface area contributed by atoms with Gasteiger partial charge < -0.3 is 31.1 Å².